The quantitative estimate of drug-likeness (QED) is 0.534. The number of hydrogen-bond donors (Lipinski definition) is 0. The molecule has 52 valence electrons. The molecular weight excluding hydrogens is 116 g/mol. The average molecular weight is 128 g/mol. The lowest BCUT2D eigenvalue weighted by atomic mass is 10.3. The number of rotatable bonds is 4. The molecule has 0 N–H and O–H groups in total. The Morgan fingerprint density at radius 2 is 2.33 bits per heavy atom. The van der Waals surface area contributed by atoms with Crippen LogP contribution in [0, 0.1) is 12.8 Å². The number of hydrogen-bond acceptors (Lipinski definition) is 2. The van der Waals surface area contributed by atoms with Gasteiger partial charge in [0.1, 0.15) is 0 Å². The molecular formula is C7H12O2. The van der Waals surface area contributed by atoms with Crippen molar-refractivity contribution in [2.24, 2.45) is 0 Å². The summed E-state index contributed by atoms with van der Waals surface area (Å²) in [7, 11) is 0. The molecule has 0 atom stereocenters. The lowest BCUT2D eigenvalue weighted by Gasteiger charge is -1.97. The highest BCUT2D eigenvalue weighted by molar-refractivity contribution is 5.70. The van der Waals surface area contributed by atoms with Crippen LogP contribution in [0.15, 0.2) is 0 Å². The predicted molar refractivity (Wildman–Crippen MR) is 35.5 cm³/mol. The largest absolute Gasteiger partial charge is 0.466 e. The van der Waals surface area contributed by atoms with Gasteiger partial charge in [0.25, 0.3) is 0 Å². The summed E-state index contributed by atoms with van der Waals surface area (Å²) in [6.45, 7) is 4.14. The number of carbonyl (C=O) groups is 1. The molecule has 0 saturated heterocycles. The van der Waals surface area contributed by atoms with Gasteiger partial charge >= 0.3 is 5.97 Å². The second-order valence-electron chi connectivity index (χ2n) is 1.58. The summed E-state index contributed by atoms with van der Waals surface area (Å²) in [6, 6.07) is 0. The third kappa shape index (κ3) is 5.34. The lowest BCUT2D eigenvalue weighted by molar-refractivity contribution is -0.142. The van der Waals surface area contributed by atoms with E-state index >= 15 is 0 Å². The fraction of sp³-hybridized carbons (Fsp3) is 0.571. The summed E-state index contributed by atoms with van der Waals surface area (Å²) in [5, 5.41) is 0. The molecule has 0 amide bonds. The van der Waals surface area contributed by atoms with Crippen molar-refractivity contribution in [2.45, 2.75) is 20.3 Å². The van der Waals surface area contributed by atoms with Gasteiger partial charge in [0.05, 0.1) is 6.61 Å². The van der Waals surface area contributed by atoms with Gasteiger partial charge in [0.15, 0.2) is 0 Å². The van der Waals surface area contributed by atoms with Crippen LogP contribution in [0.2, 0.25) is 0 Å². The summed E-state index contributed by atoms with van der Waals surface area (Å²) < 4.78 is 4.65. The first-order chi connectivity index (χ1) is 4.31. The fourth-order valence-corrected chi connectivity index (χ4v) is 0.434. The maximum absolute atomic E-state index is 10.5. The van der Waals surface area contributed by atoms with Crippen molar-refractivity contribution < 1.29 is 9.53 Å². The van der Waals surface area contributed by atoms with Gasteiger partial charge < -0.3 is 4.74 Å². The molecule has 2 heteroatoms. The van der Waals surface area contributed by atoms with Gasteiger partial charge in [-0.05, 0) is 19.8 Å². The molecule has 0 fully saturated rings. The highest BCUT2D eigenvalue weighted by atomic mass is 16.5. The van der Waals surface area contributed by atoms with E-state index in [9.17, 15) is 4.79 Å². The Kier molecular flexibility index (Phi) is 5.27. The Hall–Kier alpha value is -0.530. The normalized spacial score (nSPS) is 9.11. The topological polar surface area (TPSA) is 26.3 Å². The van der Waals surface area contributed by atoms with Crippen LogP contribution in [0.4, 0.5) is 0 Å². The first-order valence-electron chi connectivity index (χ1n) is 3.08. The van der Waals surface area contributed by atoms with E-state index in [0.717, 1.165) is 0 Å². The lowest BCUT2D eigenvalue weighted by Crippen LogP contribution is -2.03. The van der Waals surface area contributed by atoms with Crippen molar-refractivity contribution in [2.75, 3.05) is 6.61 Å². The van der Waals surface area contributed by atoms with Gasteiger partial charge in [-0.1, -0.05) is 6.92 Å². The average Bonchev–Trinajstić information content (AvgIpc) is 1.85. The van der Waals surface area contributed by atoms with Crippen LogP contribution in [0.3, 0.4) is 0 Å². The Morgan fingerprint density at radius 1 is 1.67 bits per heavy atom. The van der Waals surface area contributed by atoms with E-state index in [1.54, 1.807) is 13.3 Å². The smallest absolute Gasteiger partial charge is 0.306 e. The Balaban J connectivity index is 3.06. The third-order valence-corrected chi connectivity index (χ3v) is 0.826. The van der Waals surface area contributed by atoms with E-state index in [4.69, 9.17) is 0 Å². The van der Waals surface area contributed by atoms with Crippen LogP contribution >= 0.6 is 0 Å². The monoisotopic (exact) mass is 128 g/mol. The Labute approximate surface area is 56.2 Å². The van der Waals surface area contributed by atoms with Gasteiger partial charge in [0, 0.05) is 6.42 Å². The molecule has 0 aromatic heterocycles. The Morgan fingerprint density at radius 3 is 2.78 bits per heavy atom. The zero-order valence-corrected chi connectivity index (χ0v) is 5.89. The van der Waals surface area contributed by atoms with E-state index < -0.39 is 0 Å². The van der Waals surface area contributed by atoms with Crippen molar-refractivity contribution in [3.05, 3.63) is 12.8 Å². The second kappa shape index (κ2) is 5.60. The summed E-state index contributed by atoms with van der Waals surface area (Å²) in [5.74, 6) is -0.157. The molecule has 0 saturated carbocycles. The number of carbonyl (C=O) groups excluding carboxylic acids is 1. The molecule has 0 rings (SSSR count). The van der Waals surface area contributed by atoms with Crippen molar-refractivity contribution in [1.29, 1.82) is 0 Å². The molecule has 0 spiro atoms. The molecule has 0 bridgehead atoms. The van der Waals surface area contributed by atoms with Crippen LogP contribution in [-0.2, 0) is 9.53 Å². The molecule has 0 unspecified atom stereocenters. The number of ether oxygens (including phenoxy) is 1. The highest BCUT2D eigenvalue weighted by Gasteiger charge is 1.97. The minimum absolute atomic E-state index is 0.157. The van der Waals surface area contributed by atoms with Gasteiger partial charge in [-0.3, -0.25) is 4.79 Å². The predicted octanol–water partition coefficient (Wildman–Crippen LogP) is 1.37. The number of esters is 1. The molecule has 0 aromatic rings. The van der Waals surface area contributed by atoms with E-state index in [2.05, 4.69) is 4.74 Å². The van der Waals surface area contributed by atoms with Gasteiger partial charge in [-0.25, -0.2) is 0 Å². The van der Waals surface area contributed by atoms with Crippen LogP contribution in [-0.4, -0.2) is 12.6 Å². The van der Waals surface area contributed by atoms with E-state index in [-0.39, 0.29) is 5.97 Å². The standard InChI is InChI=1S/C7H12O2/c1-3-5-6-7(8)9-4-2/h3,5H,4,6H2,1-2H3. The maximum Gasteiger partial charge on any atom is 0.306 e. The molecule has 0 aliphatic heterocycles. The molecule has 2 radical (unpaired) electrons. The highest BCUT2D eigenvalue weighted by Crippen LogP contribution is 1.92. The third-order valence-electron chi connectivity index (χ3n) is 0.826. The molecule has 0 aliphatic rings. The zero-order chi connectivity index (χ0) is 7.11. The van der Waals surface area contributed by atoms with Crippen LogP contribution < -0.4 is 0 Å². The number of unbranched alkanes of at least 4 members (excludes halogenated alkanes) is 1. The van der Waals surface area contributed by atoms with Crippen LogP contribution in [0.25, 0.3) is 0 Å². The molecule has 0 aliphatic carbocycles. The van der Waals surface area contributed by atoms with Crippen molar-refractivity contribution in [3.8, 4) is 0 Å². The fourth-order valence-electron chi connectivity index (χ4n) is 0.434. The zero-order valence-electron chi connectivity index (χ0n) is 5.89. The SMILES string of the molecule is C[CH][CH]CC(=O)OCC. The second-order valence-corrected chi connectivity index (χ2v) is 1.58. The van der Waals surface area contributed by atoms with E-state index in [1.165, 1.54) is 0 Å². The van der Waals surface area contributed by atoms with Crippen LogP contribution in [0.5, 0.6) is 0 Å². The van der Waals surface area contributed by atoms with Gasteiger partial charge in [-0.2, -0.15) is 0 Å². The van der Waals surface area contributed by atoms with Crippen LogP contribution in [0.1, 0.15) is 20.3 Å². The molecule has 2 nitrogen and oxygen atoms in total. The minimum atomic E-state index is -0.157. The molecule has 0 aromatic carbocycles. The van der Waals surface area contributed by atoms with Gasteiger partial charge in [0.2, 0.25) is 0 Å². The summed E-state index contributed by atoms with van der Waals surface area (Å²) >= 11 is 0. The minimum Gasteiger partial charge on any atom is -0.466 e. The van der Waals surface area contributed by atoms with Crippen molar-refractivity contribution in [3.63, 3.8) is 0 Å². The van der Waals surface area contributed by atoms with E-state index in [1.807, 2.05) is 13.3 Å². The van der Waals surface area contributed by atoms with Gasteiger partial charge in [-0.15, -0.1) is 0 Å². The summed E-state index contributed by atoms with van der Waals surface area (Å²) in [5.41, 5.74) is 0. The van der Waals surface area contributed by atoms with E-state index in [0.29, 0.717) is 13.0 Å². The molecule has 9 heavy (non-hydrogen) atoms. The van der Waals surface area contributed by atoms with Crippen molar-refractivity contribution >= 4 is 5.97 Å². The molecule has 0 heterocycles. The Bertz CT molecular complexity index is 79.0. The first-order valence-corrected chi connectivity index (χ1v) is 3.08. The van der Waals surface area contributed by atoms with Crippen molar-refractivity contribution in [1.82, 2.24) is 0 Å². The maximum atomic E-state index is 10.5. The summed E-state index contributed by atoms with van der Waals surface area (Å²) in [6.07, 6.45) is 4.00. The summed E-state index contributed by atoms with van der Waals surface area (Å²) in [4.78, 5) is 10.5. The first kappa shape index (κ1) is 8.47.